The topological polar surface area (TPSA) is 126 Å². The minimum atomic E-state index is -0.972. The van der Waals surface area contributed by atoms with Crippen LogP contribution in [-0.2, 0) is 22.6 Å². The first-order chi connectivity index (χ1) is 21.8. The van der Waals surface area contributed by atoms with E-state index in [-0.39, 0.29) is 35.9 Å². The van der Waals surface area contributed by atoms with Gasteiger partial charge in [0, 0.05) is 45.0 Å². The number of carboxylic acid groups (broad SMARTS) is 1. The van der Waals surface area contributed by atoms with Crippen LogP contribution in [-0.4, -0.2) is 82.6 Å². The van der Waals surface area contributed by atoms with Gasteiger partial charge in [-0.05, 0) is 49.7 Å². The third-order valence-corrected chi connectivity index (χ3v) is 8.55. The number of imidazole rings is 1. The number of hydrogen-bond acceptors (Lipinski definition) is 9. The van der Waals surface area contributed by atoms with Gasteiger partial charge < -0.3 is 28.8 Å². The molecule has 4 aromatic rings. The summed E-state index contributed by atoms with van der Waals surface area (Å²) in [5.74, 6) is 0.523. The minimum absolute atomic E-state index is 0.00750. The lowest BCUT2D eigenvalue weighted by Gasteiger charge is -2.44. The van der Waals surface area contributed by atoms with E-state index in [1.54, 1.807) is 43.5 Å². The first kappa shape index (κ1) is 30.5. The number of halogens is 1. The second kappa shape index (κ2) is 13.2. The van der Waals surface area contributed by atoms with Crippen molar-refractivity contribution in [3.05, 3.63) is 82.9 Å². The summed E-state index contributed by atoms with van der Waals surface area (Å²) in [6.45, 7) is 6.00. The van der Waals surface area contributed by atoms with Crippen molar-refractivity contribution in [1.29, 1.82) is 5.26 Å². The highest BCUT2D eigenvalue weighted by Crippen LogP contribution is 2.31. The van der Waals surface area contributed by atoms with Gasteiger partial charge in [0.1, 0.15) is 24.1 Å². The average molecular weight is 615 g/mol. The number of pyridine rings is 1. The quantitative estimate of drug-likeness (QED) is 0.260. The van der Waals surface area contributed by atoms with Gasteiger partial charge in [-0.25, -0.2) is 14.2 Å². The monoisotopic (exact) mass is 614 g/mol. The molecule has 2 aromatic carbocycles. The van der Waals surface area contributed by atoms with Gasteiger partial charge >= 0.3 is 5.97 Å². The van der Waals surface area contributed by atoms with Crippen molar-refractivity contribution in [2.24, 2.45) is 0 Å². The molecule has 3 atom stereocenters. The number of fused-ring (bicyclic) bond motifs is 1. The zero-order valence-corrected chi connectivity index (χ0v) is 25.2. The van der Waals surface area contributed by atoms with Crippen LogP contribution < -0.4 is 9.64 Å². The molecule has 6 rings (SSSR count). The van der Waals surface area contributed by atoms with Crippen LogP contribution in [0.3, 0.4) is 0 Å². The molecular weight excluding hydrogens is 579 g/mol. The van der Waals surface area contributed by atoms with Gasteiger partial charge in [-0.1, -0.05) is 12.1 Å². The highest BCUT2D eigenvalue weighted by atomic mass is 19.1. The smallest absolute Gasteiger partial charge is 0.335 e. The molecule has 1 unspecified atom stereocenters. The van der Waals surface area contributed by atoms with E-state index >= 15 is 0 Å². The van der Waals surface area contributed by atoms with Crippen molar-refractivity contribution < 1.29 is 28.5 Å². The number of hydrogen-bond donors (Lipinski definition) is 1. The number of aromatic carboxylic acids is 1. The Morgan fingerprint density at radius 2 is 2.04 bits per heavy atom. The molecular formula is C33H35FN6O5. The number of piperazine rings is 1. The summed E-state index contributed by atoms with van der Waals surface area (Å²) in [7, 11) is 1.69. The van der Waals surface area contributed by atoms with Gasteiger partial charge in [0.05, 0.1) is 59.6 Å². The fourth-order valence-electron chi connectivity index (χ4n) is 6.04. The van der Waals surface area contributed by atoms with E-state index < -0.39 is 11.8 Å². The molecule has 4 heterocycles. The zero-order valence-electron chi connectivity index (χ0n) is 25.2. The van der Waals surface area contributed by atoms with E-state index in [9.17, 15) is 14.3 Å². The highest BCUT2D eigenvalue weighted by Gasteiger charge is 2.34. The van der Waals surface area contributed by atoms with Gasteiger partial charge in [0.2, 0.25) is 5.88 Å². The molecule has 1 N–H and O–H groups in total. The van der Waals surface area contributed by atoms with Crippen LogP contribution in [0, 0.1) is 17.1 Å². The van der Waals surface area contributed by atoms with Gasteiger partial charge in [-0.2, -0.15) is 10.2 Å². The lowest BCUT2D eigenvalue weighted by Crippen LogP contribution is -2.56. The summed E-state index contributed by atoms with van der Waals surface area (Å²) >= 11 is 0. The number of ether oxygens (including phenoxy) is 3. The predicted octanol–water partition coefficient (Wildman–Crippen LogP) is 4.41. The maximum atomic E-state index is 14.4. The van der Waals surface area contributed by atoms with E-state index in [1.807, 2.05) is 18.2 Å². The van der Waals surface area contributed by atoms with E-state index in [2.05, 4.69) is 21.3 Å². The number of anilines is 1. The molecule has 234 valence electrons. The molecule has 11 nitrogen and oxygen atoms in total. The number of rotatable bonds is 11. The normalized spacial score (nSPS) is 19.2. The van der Waals surface area contributed by atoms with Crippen LogP contribution >= 0.6 is 0 Å². The standard InChI is InChI=1S/C33H35FN6O5/c1-21(32-36-28-9-8-23(33(41)42)15-29(28)40(32)18-26-10-13-44-26)39-12-11-38(17-25(39)20-43-2)30-4-3-5-31(37-30)45-19-24-7-6-22(16-35)14-27(24)34/h3-9,14-15,21,25-26H,10-13,17-20H2,1-2H3,(H,41,42)/t21?,25-,26+/m1/s1. The molecule has 2 saturated heterocycles. The second-order valence-corrected chi connectivity index (χ2v) is 11.4. The highest BCUT2D eigenvalue weighted by molar-refractivity contribution is 5.92. The number of nitriles is 1. The van der Waals surface area contributed by atoms with Crippen LogP contribution in [0.15, 0.2) is 54.6 Å². The summed E-state index contributed by atoms with van der Waals surface area (Å²) in [5.41, 5.74) is 2.37. The fourth-order valence-corrected chi connectivity index (χ4v) is 6.04. The predicted molar refractivity (Wildman–Crippen MR) is 164 cm³/mol. The maximum absolute atomic E-state index is 14.4. The summed E-state index contributed by atoms with van der Waals surface area (Å²) in [5, 5.41) is 18.6. The molecule has 12 heteroatoms. The van der Waals surface area contributed by atoms with Crippen LogP contribution in [0.4, 0.5) is 10.2 Å². The fraction of sp³-hybridized carbons (Fsp3) is 0.394. The molecule has 2 aromatic heterocycles. The van der Waals surface area contributed by atoms with Crippen molar-refractivity contribution in [3.8, 4) is 11.9 Å². The summed E-state index contributed by atoms with van der Waals surface area (Å²) in [6, 6.07) is 16.8. The zero-order chi connectivity index (χ0) is 31.5. The average Bonchev–Trinajstić information content (AvgIpc) is 3.39. The molecule has 0 radical (unpaired) electrons. The Labute approximate surface area is 260 Å². The molecule has 0 bridgehead atoms. The Morgan fingerprint density at radius 1 is 1.20 bits per heavy atom. The van der Waals surface area contributed by atoms with Crippen LogP contribution in [0.1, 0.15) is 46.7 Å². The number of carboxylic acids is 1. The Bertz CT molecular complexity index is 1730. The first-order valence-electron chi connectivity index (χ1n) is 15.0. The lowest BCUT2D eigenvalue weighted by molar-refractivity contribution is -0.0596. The SMILES string of the molecule is COC[C@H]1CN(c2cccc(OCc3ccc(C#N)cc3F)n2)CCN1C(C)c1nc2ccc(C(=O)O)cc2n1C[C@@H]1CCO1. The number of carbonyl (C=O) groups is 1. The maximum Gasteiger partial charge on any atom is 0.335 e. The Hall–Kier alpha value is -4.57. The number of methoxy groups -OCH3 is 1. The van der Waals surface area contributed by atoms with E-state index in [4.69, 9.17) is 29.4 Å². The Kier molecular flexibility index (Phi) is 8.93. The second-order valence-electron chi connectivity index (χ2n) is 11.4. The van der Waals surface area contributed by atoms with E-state index in [0.29, 0.717) is 44.2 Å². The van der Waals surface area contributed by atoms with Gasteiger partial charge in [0.25, 0.3) is 0 Å². The third-order valence-electron chi connectivity index (χ3n) is 8.55. The number of aromatic nitrogens is 3. The molecule has 2 aliphatic heterocycles. The van der Waals surface area contributed by atoms with Crippen molar-refractivity contribution in [1.82, 2.24) is 19.4 Å². The first-order valence-corrected chi connectivity index (χ1v) is 15.0. The molecule has 2 fully saturated rings. The largest absolute Gasteiger partial charge is 0.478 e. The van der Waals surface area contributed by atoms with Crippen LogP contribution in [0.2, 0.25) is 0 Å². The molecule has 2 aliphatic rings. The van der Waals surface area contributed by atoms with Crippen molar-refractivity contribution in [3.63, 3.8) is 0 Å². The summed E-state index contributed by atoms with van der Waals surface area (Å²) < 4.78 is 33.7. The van der Waals surface area contributed by atoms with Gasteiger partial charge in [0.15, 0.2) is 0 Å². The van der Waals surface area contributed by atoms with Crippen molar-refractivity contribution >= 4 is 22.8 Å². The number of nitrogens with zero attached hydrogens (tertiary/aromatic N) is 6. The lowest BCUT2D eigenvalue weighted by atomic mass is 10.1. The minimum Gasteiger partial charge on any atom is -0.478 e. The third kappa shape index (κ3) is 6.47. The Morgan fingerprint density at radius 3 is 2.76 bits per heavy atom. The molecule has 0 amide bonds. The number of benzene rings is 2. The summed E-state index contributed by atoms with van der Waals surface area (Å²) in [4.78, 5) is 26.0. The van der Waals surface area contributed by atoms with Crippen LogP contribution in [0.25, 0.3) is 11.0 Å². The van der Waals surface area contributed by atoms with E-state index in [1.165, 1.54) is 6.07 Å². The van der Waals surface area contributed by atoms with Gasteiger partial charge in [-0.3, -0.25) is 4.90 Å². The summed E-state index contributed by atoms with van der Waals surface area (Å²) in [6.07, 6.45) is 1.03. The van der Waals surface area contributed by atoms with Crippen LogP contribution in [0.5, 0.6) is 5.88 Å². The van der Waals surface area contributed by atoms with Crippen molar-refractivity contribution in [2.75, 3.05) is 44.9 Å². The Balaban J connectivity index is 1.20. The van der Waals surface area contributed by atoms with Gasteiger partial charge in [-0.15, -0.1) is 0 Å². The van der Waals surface area contributed by atoms with Crippen molar-refractivity contribution in [2.45, 2.75) is 44.7 Å². The molecule has 0 spiro atoms. The molecule has 0 saturated carbocycles. The molecule has 0 aliphatic carbocycles. The molecule has 45 heavy (non-hydrogen) atoms. The van der Waals surface area contributed by atoms with E-state index in [0.717, 1.165) is 35.7 Å².